The quantitative estimate of drug-likeness (QED) is 0.693. The lowest BCUT2D eigenvalue weighted by atomic mass is 9.61. The molecular weight excluding hydrogens is 304 g/mol. The van der Waals surface area contributed by atoms with Gasteiger partial charge in [-0.1, -0.05) is 20.4 Å². The molecule has 4 heteroatoms. The summed E-state index contributed by atoms with van der Waals surface area (Å²) >= 11 is 0. The van der Waals surface area contributed by atoms with Crippen LogP contribution in [0.25, 0.3) is 0 Å². The molecule has 4 rings (SSSR count). The molecule has 0 spiro atoms. The Hall–Kier alpha value is -0.970. The lowest BCUT2D eigenvalue weighted by molar-refractivity contribution is -0.117. The lowest BCUT2D eigenvalue weighted by Gasteiger charge is -2.44. The third-order valence-electron chi connectivity index (χ3n) is 7.34. The van der Waals surface area contributed by atoms with E-state index in [1.165, 1.54) is 0 Å². The Labute approximate surface area is 143 Å². The maximum Gasteiger partial charge on any atom is 0.194 e. The van der Waals surface area contributed by atoms with E-state index in [-0.39, 0.29) is 28.8 Å². The number of fused-ring (bicyclic) bond motifs is 4. The third-order valence-corrected chi connectivity index (χ3v) is 7.34. The van der Waals surface area contributed by atoms with Crippen LogP contribution in [0.2, 0.25) is 0 Å². The summed E-state index contributed by atoms with van der Waals surface area (Å²) in [4.78, 5) is 13.0. The second-order valence-corrected chi connectivity index (χ2v) is 8.89. The highest BCUT2D eigenvalue weighted by molar-refractivity contribution is 6.05. The summed E-state index contributed by atoms with van der Waals surface area (Å²) in [5, 5.41) is 10.6. The van der Waals surface area contributed by atoms with Gasteiger partial charge in [0.05, 0.1) is 17.8 Å². The van der Waals surface area contributed by atoms with Gasteiger partial charge >= 0.3 is 0 Å². The van der Waals surface area contributed by atoms with Gasteiger partial charge in [-0.2, -0.15) is 0 Å². The van der Waals surface area contributed by atoms with E-state index in [1.807, 2.05) is 13.8 Å². The average Bonchev–Trinajstić information content (AvgIpc) is 3.40. The van der Waals surface area contributed by atoms with Gasteiger partial charge in [-0.3, -0.25) is 4.79 Å². The fourth-order valence-corrected chi connectivity index (χ4v) is 4.68. The molecule has 1 saturated carbocycles. The Morgan fingerprint density at radius 2 is 1.88 bits per heavy atom. The third kappa shape index (κ3) is 2.19. The molecule has 0 aromatic heterocycles. The number of aliphatic hydroxyl groups excluding tert-OH is 1. The van der Waals surface area contributed by atoms with Crippen LogP contribution in [0.5, 0.6) is 0 Å². The van der Waals surface area contributed by atoms with Gasteiger partial charge in [0.1, 0.15) is 11.7 Å². The first-order chi connectivity index (χ1) is 11.1. The Bertz CT molecular complexity index is 652. The van der Waals surface area contributed by atoms with E-state index in [9.17, 15) is 9.90 Å². The maximum atomic E-state index is 13.0. The molecule has 1 N–H and O–H groups in total. The van der Waals surface area contributed by atoms with Gasteiger partial charge in [-0.05, 0) is 62.5 Å². The summed E-state index contributed by atoms with van der Waals surface area (Å²) in [5.74, 6) is 0.0107. The second kappa shape index (κ2) is 4.80. The predicted molar refractivity (Wildman–Crippen MR) is 90.5 cm³/mol. The van der Waals surface area contributed by atoms with Gasteiger partial charge in [0, 0.05) is 5.57 Å². The molecule has 3 fully saturated rings. The molecule has 2 aliphatic carbocycles. The smallest absolute Gasteiger partial charge is 0.194 e. The summed E-state index contributed by atoms with van der Waals surface area (Å²) in [5.41, 5.74) is 0.650. The molecule has 4 aliphatic rings. The van der Waals surface area contributed by atoms with Crippen LogP contribution in [0.1, 0.15) is 53.4 Å². The number of ketones is 1. The number of carbonyl (C=O) groups is 1. The van der Waals surface area contributed by atoms with Crippen LogP contribution in [0.3, 0.4) is 0 Å². The molecular formula is C20H28O4. The number of carbonyl (C=O) groups excluding carboxylic acids is 1. The Morgan fingerprint density at radius 3 is 2.58 bits per heavy atom. The average molecular weight is 332 g/mol. The van der Waals surface area contributed by atoms with Crippen molar-refractivity contribution >= 4 is 5.78 Å². The number of epoxide rings is 2. The van der Waals surface area contributed by atoms with Gasteiger partial charge in [0.15, 0.2) is 5.78 Å². The number of aliphatic hydroxyl groups is 1. The number of hydrogen-bond acceptors (Lipinski definition) is 4. The van der Waals surface area contributed by atoms with Crippen molar-refractivity contribution in [3.05, 3.63) is 23.8 Å². The Kier molecular flexibility index (Phi) is 3.30. The van der Waals surface area contributed by atoms with E-state index in [4.69, 9.17) is 9.47 Å². The Balaban J connectivity index is 1.73. The molecule has 7 unspecified atom stereocenters. The minimum Gasteiger partial charge on any atom is -0.389 e. The molecule has 2 bridgehead atoms. The highest BCUT2D eigenvalue weighted by atomic mass is 16.6. The largest absolute Gasteiger partial charge is 0.389 e. The first-order valence-corrected chi connectivity index (χ1v) is 9.10. The normalized spacial score (nSPS) is 54.0. The fraction of sp³-hybridized carbons (Fsp3) is 0.750. The van der Waals surface area contributed by atoms with Crippen molar-refractivity contribution in [2.24, 2.45) is 11.3 Å². The number of rotatable bonds is 0. The van der Waals surface area contributed by atoms with Crippen LogP contribution < -0.4 is 0 Å². The molecule has 0 aromatic rings. The number of allylic oxidation sites excluding steroid dienone is 1. The van der Waals surface area contributed by atoms with Crippen molar-refractivity contribution in [2.45, 2.75) is 82.9 Å². The Morgan fingerprint density at radius 1 is 1.17 bits per heavy atom. The topological polar surface area (TPSA) is 62.4 Å². The molecule has 7 atom stereocenters. The predicted octanol–water partition coefficient (Wildman–Crippen LogP) is 2.94. The maximum absolute atomic E-state index is 13.0. The molecule has 132 valence electrons. The van der Waals surface area contributed by atoms with Crippen LogP contribution in [-0.2, 0) is 14.3 Å². The molecule has 0 aromatic carbocycles. The number of Topliss-reactive ketones (excluding diaryl/α,β-unsaturated/α-hetero) is 1. The zero-order valence-corrected chi connectivity index (χ0v) is 15.1. The minimum atomic E-state index is -0.629. The van der Waals surface area contributed by atoms with Crippen molar-refractivity contribution in [1.82, 2.24) is 0 Å². The SMILES string of the molecule is C=C1C2=CC(O)C(C)C1(C)CCC1(C)OC1CCC1(C)OC1C2=O. The van der Waals surface area contributed by atoms with E-state index in [0.717, 1.165) is 31.3 Å². The summed E-state index contributed by atoms with van der Waals surface area (Å²) in [6.45, 7) is 12.6. The molecule has 2 heterocycles. The number of hydrogen-bond donors (Lipinski definition) is 1. The van der Waals surface area contributed by atoms with E-state index in [0.29, 0.717) is 5.57 Å². The molecule has 2 saturated heterocycles. The first-order valence-electron chi connectivity index (χ1n) is 9.10. The summed E-state index contributed by atoms with van der Waals surface area (Å²) in [7, 11) is 0. The van der Waals surface area contributed by atoms with Crippen LogP contribution in [-0.4, -0.2) is 40.4 Å². The van der Waals surface area contributed by atoms with Gasteiger partial charge in [-0.15, -0.1) is 0 Å². The summed E-state index contributed by atoms with van der Waals surface area (Å²) < 4.78 is 11.8. The van der Waals surface area contributed by atoms with Crippen LogP contribution >= 0.6 is 0 Å². The zero-order valence-electron chi connectivity index (χ0n) is 15.1. The highest BCUT2D eigenvalue weighted by Crippen LogP contribution is 2.55. The van der Waals surface area contributed by atoms with E-state index in [1.54, 1.807) is 6.08 Å². The van der Waals surface area contributed by atoms with Crippen molar-refractivity contribution in [3.63, 3.8) is 0 Å². The van der Waals surface area contributed by atoms with Crippen molar-refractivity contribution in [3.8, 4) is 0 Å². The molecule has 24 heavy (non-hydrogen) atoms. The van der Waals surface area contributed by atoms with E-state index < -0.39 is 17.8 Å². The fourth-order valence-electron chi connectivity index (χ4n) is 4.68. The molecule has 2 aliphatic heterocycles. The van der Waals surface area contributed by atoms with Crippen LogP contribution in [0.4, 0.5) is 0 Å². The van der Waals surface area contributed by atoms with Crippen LogP contribution in [0.15, 0.2) is 23.8 Å². The molecule has 0 amide bonds. The number of ether oxygens (including phenoxy) is 2. The summed E-state index contributed by atoms with van der Waals surface area (Å²) in [6.07, 6.45) is 4.47. The summed E-state index contributed by atoms with van der Waals surface area (Å²) in [6, 6.07) is 0. The minimum absolute atomic E-state index is 0.0141. The standard InChI is InChI=1S/C20H28O4/c1-11-13-10-14(21)12(2)18(11,3)8-9-19(4)15(23-19)6-7-20(5)17(24-20)16(13)22/h10,12,14-15,17,21H,1,6-9H2,2-5H3. The van der Waals surface area contributed by atoms with Crippen molar-refractivity contribution in [1.29, 1.82) is 0 Å². The zero-order chi connectivity index (χ0) is 17.5. The second-order valence-electron chi connectivity index (χ2n) is 8.89. The monoisotopic (exact) mass is 332 g/mol. The van der Waals surface area contributed by atoms with Crippen molar-refractivity contribution in [2.75, 3.05) is 0 Å². The molecule has 0 radical (unpaired) electrons. The highest BCUT2D eigenvalue weighted by Gasteiger charge is 2.61. The van der Waals surface area contributed by atoms with Gasteiger partial charge in [-0.25, -0.2) is 0 Å². The first kappa shape index (κ1) is 16.5. The van der Waals surface area contributed by atoms with Gasteiger partial charge < -0.3 is 14.6 Å². The van der Waals surface area contributed by atoms with E-state index >= 15 is 0 Å². The van der Waals surface area contributed by atoms with E-state index in [2.05, 4.69) is 20.4 Å². The van der Waals surface area contributed by atoms with Crippen LogP contribution in [0, 0.1) is 11.3 Å². The van der Waals surface area contributed by atoms with Crippen molar-refractivity contribution < 1.29 is 19.4 Å². The van der Waals surface area contributed by atoms with Gasteiger partial charge in [0.25, 0.3) is 0 Å². The lowest BCUT2D eigenvalue weighted by Crippen LogP contribution is -2.42. The molecule has 4 nitrogen and oxygen atoms in total. The van der Waals surface area contributed by atoms with Gasteiger partial charge in [0.2, 0.25) is 0 Å².